The Labute approximate surface area is 103 Å². The summed E-state index contributed by atoms with van der Waals surface area (Å²) >= 11 is 0. The molecule has 1 aliphatic heterocycles. The smallest absolute Gasteiger partial charge is 0.0764 e. The van der Waals surface area contributed by atoms with Gasteiger partial charge in [0.2, 0.25) is 0 Å². The third kappa shape index (κ3) is 3.07. The molecule has 1 fully saturated rings. The molecule has 1 aliphatic rings. The van der Waals surface area contributed by atoms with E-state index in [4.69, 9.17) is 0 Å². The molecular formula is C13H23N3O. The fourth-order valence-corrected chi connectivity index (χ4v) is 2.51. The van der Waals surface area contributed by atoms with Crippen molar-refractivity contribution in [2.75, 3.05) is 13.1 Å². The fraction of sp³-hybridized carbons (Fsp3) is 0.769. The van der Waals surface area contributed by atoms with Gasteiger partial charge in [-0.15, -0.1) is 0 Å². The molecule has 0 aliphatic carbocycles. The molecule has 0 amide bonds. The molecule has 0 bridgehead atoms. The van der Waals surface area contributed by atoms with Gasteiger partial charge in [-0.2, -0.15) is 5.10 Å². The Hall–Kier alpha value is -0.870. The van der Waals surface area contributed by atoms with Crippen LogP contribution in [0.4, 0.5) is 0 Å². The molecule has 2 heterocycles. The third-order valence-corrected chi connectivity index (χ3v) is 3.61. The van der Waals surface area contributed by atoms with Crippen LogP contribution in [0, 0.1) is 0 Å². The van der Waals surface area contributed by atoms with Crippen molar-refractivity contribution in [2.45, 2.75) is 51.8 Å². The number of likely N-dealkylation sites (tertiary alicyclic amines) is 1. The molecule has 0 aromatic carbocycles. The van der Waals surface area contributed by atoms with E-state index in [9.17, 15) is 5.11 Å². The van der Waals surface area contributed by atoms with Crippen LogP contribution >= 0.6 is 0 Å². The van der Waals surface area contributed by atoms with Gasteiger partial charge < -0.3 is 5.11 Å². The zero-order chi connectivity index (χ0) is 12.3. The second-order valence-corrected chi connectivity index (χ2v) is 4.94. The van der Waals surface area contributed by atoms with Gasteiger partial charge in [0.05, 0.1) is 17.8 Å². The predicted octanol–water partition coefficient (Wildman–Crippen LogP) is 1.81. The molecule has 4 nitrogen and oxygen atoms in total. The minimum atomic E-state index is -0.142. The van der Waals surface area contributed by atoms with E-state index in [1.165, 1.54) is 0 Å². The highest BCUT2D eigenvalue weighted by Gasteiger charge is 2.20. The molecule has 1 aromatic heterocycles. The second-order valence-electron chi connectivity index (χ2n) is 4.94. The number of hydrogen-bond acceptors (Lipinski definition) is 3. The Balaban J connectivity index is 1.94. The van der Waals surface area contributed by atoms with Crippen LogP contribution in [-0.4, -0.2) is 39.0 Å². The first-order valence-electron chi connectivity index (χ1n) is 6.67. The summed E-state index contributed by atoms with van der Waals surface area (Å²) in [6, 6.07) is 2.62. The van der Waals surface area contributed by atoms with Crippen LogP contribution in [0.15, 0.2) is 12.3 Å². The number of hydrogen-bond donors (Lipinski definition) is 1. The molecular weight excluding hydrogens is 214 g/mol. The maximum Gasteiger partial charge on any atom is 0.0764 e. The summed E-state index contributed by atoms with van der Waals surface area (Å²) in [5.41, 5.74) is 1.12. The van der Waals surface area contributed by atoms with Gasteiger partial charge >= 0.3 is 0 Å². The van der Waals surface area contributed by atoms with E-state index in [1.54, 1.807) is 0 Å². The Morgan fingerprint density at radius 2 is 2.24 bits per heavy atom. The summed E-state index contributed by atoms with van der Waals surface area (Å²) in [7, 11) is 0. The van der Waals surface area contributed by atoms with Crippen molar-refractivity contribution < 1.29 is 5.11 Å². The van der Waals surface area contributed by atoms with E-state index in [0.29, 0.717) is 6.04 Å². The Morgan fingerprint density at radius 3 is 2.82 bits per heavy atom. The van der Waals surface area contributed by atoms with Crippen LogP contribution in [0.5, 0.6) is 0 Å². The average molecular weight is 237 g/mol. The lowest BCUT2D eigenvalue weighted by Crippen LogP contribution is -2.22. The maximum atomic E-state index is 9.48. The molecule has 0 spiro atoms. The molecule has 0 unspecified atom stereocenters. The Kier molecular flexibility index (Phi) is 4.18. The van der Waals surface area contributed by atoms with E-state index in [2.05, 4.69) is 40.8 Å². The number of rotatable bonds is 5. The first kappa shape index (κ1) is 12.6. The van der Waals surface area contributed by atoms with Crippen molar-refractivity contribution in [3.05, 3.63) is 18.0 Å². The average Bonchev–Trinajstić information content (AvgIpc) is 2.91. The van der Waals surface area contributed by atoms with E-state index < -0.39 is 0 Å². The zero-order valence-corrected chi connectivity index (χ0v) is 10.8. The first-order valence-corrected chi connectivity index (χ1v) is 6.67. The zero-order valence-electron chi connectivity index (χ0n) is 10.8. The molecule has 1 aromatic rings. The van der Waals surface area contributed by atoms with Gasteiger partial charge in [0, 0.05) is 25.8 Å². The third-order valence-electron chi connectivity index (χ3n) is 3.61. The van der Waals surface area contributed by atoms with E-state index in [1.807, 2.05) is 0 Å². The molecule has 1 saturated heterocycles. The van der Waals surface area contributed by atoms with Crippen molar-refractivity contribution in [3.63, 3.8) is 0 Å². The van der Waals surface area contributed by atoms with Gasteiger partial charge in [-0.05, 0) is 25.3 Å². The molecule has 0 saturated carbocycles. The summed E-state index contributed by atoms with van der Waals surface area (Å²) < 4.78 is 2.09. The highest BCUT2D eigenvalue weighted by Crippen LogP contribution is 2.16. The normalized spacial score (nSPS) is 21.5. The topological polar surface area (TPSA) is 41.3 Å². The minimum absolute atomic E-state index is 0.142. The van der Waals surface area contributed by atoms with Crippen molar-refractivity contribution >= 4 is 0 Å². The second kappa shape index (κ2) is 5.65. The van der Waals surface area contributed by atoms with Crippen LogP contribution < -0.4 is 0 Å². The largest absolute Gasteiger partial charge is 0.392 e. The SMILES string of the molecule is CCC(CC)n1ccc(CN2CC[C@H](O)C2)n1. The summed E-state index contributed by atoms with van der Waals surface area (Å²) in [6.07, 6.45) is 5.09. The standard InChI is InChI=1S/C13H23N3O/c1-3-12(4-2)16-8-5-11(14-16)9-15-7-6-13(17)10-15/h5,8,12-13,17H,3-4,6-7,9-10H2,1-2H3/t13-/m0/s1. The van der Waals surface area contributed by atoms with Gasteiger partial charge in [-0.25, -0.2) is 0 Å². The van der Waals surface area contributed by atoms with Crippen molar-refractivity contribution in [3.8, 4) is 0 Å². The predicted molar refractivity (Wildman–Crippen MR) is 67.7 cm³/mol. The lowest BCUT2D eigenvalue weighted by Gasteiger charge is -2.14. The highest BCUT2D eigenvalue weighted by atomic mass is 16.3. The van der Waals surface area contributed by atoms with Crippen LogP contribution in [-0.2, 0) is 6.54 Å². The summed E-state index contributed by atoms with van der Waals surface area (Å²) in [5.74, 6) is 0. The van der Waals surface area contributed by atoms with Crippen LogP contribution in [0.25, 0.3) is 0 Å². The molecule has 17 heavy (non-hydrogen) atoms. The number of aromatic nitrogens is 2. The van der Waals surface area contributed by atoms with Gasteiger partial charge in [-0.3, -0.25) is 9.58 Å². The first-order chi connectivity index (χ1) is 8.22. The number of nitrogens with zero attached hydrogens (tertiary/aromatic N) is 3. The molecule has 2 rings (SSSR count). The number of aliphatic hydroxyl groups is 1. The molecule has 1 N–H and O–H groups in total. The summed E-state index contributed by atoms with van der Waals surface area (Å²) in [6.45, 7) is 7.04. The van der Waals surface area contributed by atoms with Crippen molar-refractivity contribution in [1.29, 1.82) is 0 Å². The molecule has 0 radical (unpaired) electrons. The maximum absolute atomic E-state index is 9.48. The fourth-order valence-electron chi connectivity index (χ4n) is 2.51. The molecule has 4 heteroatoms. The lowest BCUT2D eigenvalue weighted by molar-refractivity contribution is 0.174. The Bertz CT molecular complexity index is 346. The van der Waals surface area contributed by atoms with Crippen molar-refractivity contribution in [2.24, 2.45) is 0 Å². The van der Waals surface area contributed by atoms with E-state index in [-0.39, 0.29) is 6.10 Å². The lowest BCUT2D eigenvalue weighted by atomic mass is 10.2. The minimum Gasteiger partial charge on any atom is -0.392 e. The van der Waals surface area contributed by atoms with Gasteiger partial charge in [0.1, 0.15) is 0 Å². The van der Waals surface area contributed by atoms with Crippen LogP contribution in [0.3, 0.4) is 0 Å². The summed E-state index contributed by atoms with van der Waals surface area (Å²) in [4.78, 5) is 2.27. The van der Waals surface area contributed by atoms with Crippen LogP contribution in [0.2, 0.25) is 0 Å². The number of aliphatic hydroxyl groups excluding tert-OH is 1. The van der Waals surface area contributed by atoms with Gasteiger partial charge in [0.15, 0.2) is 0 Å². The quantitative estimate of drug-likeness (QED) is 0.849. The van der Waals surface area contributed by atoms with Gasteiger partial charge in [0.25, 0.3) is 0 Å². The van der Waals surface area contributed by atoms with Crippen LogP contribution in [0.1, 0.15) is 44.8 Å². The molecule has 1 atom stereocenters. The van der Waals surface area contributed by atoms with E-state index in [0.717, 1.165) is 44.6 Å². The van der Waals surface area contributed by atoms with Gasteiger partial charge in [-0.1, -0.05) is 13.8 Å². The highest BCUT2D eigenvalue weighted by molar-refractivity contribution is 5.00. The number of β-amino-alcohol motifs (C(OH)–C–C–N with tert-alkyl or cyclic N) is 1. The Morgan fingerprint density at radius 1 is 1.47 bits per heavy atom. The van der Waals surface area contributed by atoms with E-state index >= 15 is 0 Å². The summed E-state index contributed by atoms with van der Waals surface area (Å²) in [5, 5.41) is 14.1. The molecule has 96 valence electrons. The monoisotopic (exact) mass is 237 g/mol. The van der Waals surface area contributed by atoms with Crippen molar-refractivity contribution in [1.82, 2.24) is 14.7 Å².